The molecule has 0 spiro atoms. The number of Topliss-reactive ketones (excluding diaryl/α,β-unsaturated/α-hetero) is 1. The van der Waals surface area contributed by atoms with Crippen molar-refractivity contribution in [2.75, 3.05) is 6.61 Å². The van der Waals surface area contributed by atoms with Gasteiger partial charge in [-0.3, -0.25) is 19.2 Å². The van der Waals surface area contributed by atoms with Gasteiger partial charge in [0.25, 0.3) is 0 Å². The lowest BCUT2D eigenvalue weighted by molar-refractivity contribution is -0.194. The lowest BCUT2D eigenvalue weighted by Gasteiger charge is -2.61. The zero-order chi connectivity index (χ0) is 28.7. The standard InChI is InChI=1S/C32H40O8/c1-30-14-12-22(33)16-21(30)8-9-23-24-13-15-32(38,26(34)19-40-28(37)11-10-27(35)36)31(24,2)17-25(29(23)30)39-18-20-6-4-3-5-7-20/h3-7,16,23-25,29,38H,8-15,17-19H2,1-2H3,(H,35,36)/t23-,24-,25+,29+,30-,31-,32-/m0/s1. The first-order valence-electron chi connectivity index (χ1n) is 14.5. The first kappa shape index (κ1) is 28.7. The van der Waals surface area contributed by atoms with Gasteiger partial charge in [0.1, 0.15) is 5.60 Å². The topological polar surface area (TPSA) is 127 Å². The van der Waals surface area contributed by atoms with Crippen molar-refractivity contribution < 1.29 is 38.9 Å². The van der Waals surface area contributed by atoms with E-state index < -0.39 is 35.3 Å². The number of esters is 1. The van der Waals surface area contributed by atoms with Crippen LogP contribution < -0.4 is 0 Å². The zero-order valence-corrected chi connectivity index (χ0v) is 23.4. The second-order valence-corrected chi connectivity index (χ2v) is 12.7. The largest absolute Gasteiger partial charge is 0.481 e. The van der Waals surface area contributed by atoms with E-state index in [2.05, 4.69) is 6.92 Å². The van der Waals surface area contributed by atoms with Crippen LogP contribution in [-0.2, 0) is 35.3 Å². The minimum absolute atomic E-state index is 0.0849. The highest BCUT2D eigenvalue weighted by atomic mass is 16.5. The van der Waals surface area contributed by atoms with Gasteiger partial charge in [-0.25, -0.2) is 0 Å². The Morgan fingerprint density at radius 3 is 2.50 bits per heavy atom. The van der Waals surface area contributed by atoms with Crippen LogP contribution in [0.3, 0.4) is 0 Å². The van der Waals surface area contributed by atoms with Crippen molar-refractivity contribution in [3.8, 4) is 0 Å². The van der Waals surface area contributed by atoms with E-state index >= 15 is 0 Å². The number of benzene rings is 1. The molecule has 3 saturated carbocycles. The number of fused-ring (bicyclic) bond motifs is 5. The van der Waals surface area contributed by atoms with Crippen LogP contribution in [0.15, 0.2) is 42.0 Å². The molecule has 8 nitrogen and oxygen atoms in total. The number of carboxylic acid groups (broad SMARTS) is 1. The van der Waals surface area contributed by atoms with Gasteiger partial charge in [-0.05, 0) is 73.3 Å². The van der Waals surface area contributed by atoms with Crippen LogP contribution in [0.1, 0.15) is 77.2 Å². The van der Waals surface area contributed by atoms with Crippen LogP contribution in [0, 0.1) is 28.6 Å². The Labute approximate surface area is 235 Å². The molecule has 3 fully saturated rings. The lowest BCUT2D eigenvalue weighted by Crippen LogP contribution is -2.62. The van der Waals surface area contributed by atoms with E-state index in [4.69, 9.17) is 14.6 Å². The summed E-state index contributed by atoms with van der Waals surface area (Å²) in [7, 11) is 0. The van der Waals surface area contributed by atoms with Crippen molar-refractivity contribution in [3.05, 3.63) is 47.5 Å². The molecule has 0 bridgehead atoms. The van der Waals surface area contributed by atoms with Crippen LogP contribution in [0.25, 0.3) is 0 Å². The quantitative estimate of drug-likeness (QED) is 0.431. The summed E-state index contributed by atoms with van der Waals surface area (Å²) >= 11 is 0. The molecule has 0 radical (unpaired) electrons. The third-order valence-electron chi connectivity index (χ3n) is 10.7. The summed E-state index contributed by atoms with van der Waals surface area (Å²) in [5.41, 5.74) is -0.372. The third kappa shape index (κ3) is 4.94. The van der Waals surface area contributed by atoms with E-state index in [0.29, 0.717) is 25.9 Å². The van der Waals surface area contributed by atoms with Crippen LogP contribution in [0.5, 0.6) is 0 Å². The van der Waals surface area contributed by atoms with Gasteiger partial charge in [0, 0.05) is 11.8 Å². The van der Waals surface area contributed by atoms with Crippen LogP contribution in [0.4, 0.5) is 0 Å². The first-order valence-corrected chi connectivity index (χ1v) is 14.5. The number of aliphatic hydroxyl groups is 1. The van der Waals surface area contributed by atoms with E-state index in [1.54, 1.807) is 0 Å². The Bertz CT molecular complexity index is 1210. The third-order valence-corrected chi connectivity index (χ3v) is 10.7. The normalized spacial score (nSPS) is 36.6. The minimum Gasteiger partial charge on any atom is -0.481 e. The maximum absolute atomic E-state index is 13.5. The number of rotatable bonds is 9. The first-order chi connectivity index (χ1) is 19.0. The van der Waals surface area contributed by atoms with Crippen molar-refractivity contribution in [1.82, 2.24) is 0 Å². The number of aliphatic carboxylic acids is 1. The lowest BCUT2D eigenvalue weighted by atomic mass is 9.45. The number of hydrogen-bond acceptors (Lipinski definition) is 7. The number of hydrogen-bond donors (Lipinski definition) is 2. The summed E-state index contributed by atoms with van der Waals surface area (Å²) in [6.07, 6.45) is 5.39. The molecule has 216 valence electrons. The van der Waals surface area contributed by atoms with Gasteiger partial charge in [-0.15, -0.1) is 0 Å². The van der Waals surface area contributed by atoms with E-state index in [-0.39, 0.29) is 54.3 Å². The molecular formula is C32H40O8. The van der Waals surface area contributed by atoms with Crippen LogP contribution >= 0.6 is 0 Å². The molecule has 4 aliphatic rings. The highest BCUT2D eigenvalue weighted by Gasteiger charge is 2.68. The average molecular weight is 553 g/mol. The summed E-state index contributed by atoms with van der Waals surface area (Å²) < 4.78 is 11.8. The van der Waals surface area contributed by atoms with Gasteiger partial charge in [0.2, 0.25) is 5.78 Å². The molecule has 5 rings (SSSR count). The summed E-state index contributed by atoms with van der Waals surface area (Å²) in [6, 6.07) is 9.95. The van der Waals surface area contributed by atoms with Crippen LogP contribution in [0.2, 0.25) is 0 Å². The van der Waals surface area contributed by atoms with E-state index in [1.807, 2.05) is 43.3 Å². The monoisotopic (exact) mass is 552 g/mol. The molecule has 0 aromatic heterocycles. The summed E-state index contributed by atoms with van der Waals surface area (Å²) in [5, 5.41) is 20.8. The highest BCUT2D eigenvalue weighted by Crippen LogP contribution is 2.68. The highest BCUT2D eigenvalue weighted by molar-refractivity contribution is 5.92. The van der Waals surface area contributed by atoms with E-state index in [1.165, 1.54) is 5.57 Å². The van der Waals surface area contributed by atoms with Gasteiger partial charge < -0.3 is 19.7 Å². The molecule has 0 aliphatic heterocycles. The van der Waals surface area contributed by atoms with Gasteiger partial charge in [0.15, 0.2) is 12.4 Å². The van der Waals surface area contributed by atoms with Gasteiger partial charge in [-0.1, -0.05) is 49.8 Å². The Hall–Kier alpha value is -2.84. The van der Waals surface area contributed by atoms with Crippen molar-refractivity contribution in [1.29, 1.82) is 0 Å². The van der Waals surface area contributed by atoms with Crippen molar-refractivity contribution in [2.45, 2.75) is 89.9 Å². The second-order valence-electron chi connectivity index (χ2n) is 12.7. The Balaban J connectivity index is 1.42. The fourth-order valence-corrected chi connectivity index (χ4v) is 8.60. The molecule has 4 aliphatic carbocycles. The second kappa shape index (κ2) is 10.9. The summed E-state index contributed by atoms with van der Waals surface area (Å²) in [5.74, 6) is -1.77. The molecule has 0 amide bonds. The smallest absolute Gasteiger partial charge is 0.306 e. The minimum atomic E-state index is -1.68. The number of carbonyl (C=O) groups is 4. The van der Waals surface area contributed by atoms with Crippen LogP contribution in [-0.4, -0.2) is 52.0 Å². The molecule has 8 heteroatoms. The Kier molecular flexibility index (Phi) is 7.79. The molecule has 0 saturated heterocycles. The molecule has 1 aromatic rings. The summed E-state index contributed by atoms with van der Waals surface area (Å²) in [4.78, 5) is 48.6. The zero-order valence-electron chi connectivity index (χ0n) is 23.4. The van der Waals surface area contributed by atoms with Gasteiger partial charge in [-0.2, -0.15) is 0 Å². The molecule has 0 unspecified atom stereocenters. The fraction of sp³-hybridized carbons (Fsp3) is 0.625. The van der Waals surface area contributed by atoms with E-state index in [0.717, 1.165) is 24.8 Å². The SMILES string of the molecule is C[C@]12CCC(=O)C=C1CC[C@@H]1[C@@H]2[C@H](OCc2ccccc2)C[C@@]2(C)[C@H]1CC[C@]2(O)C(=O)COC(=O)CCC(=O)O. The Morgan fingerprint density at radius 2 is 1.77 bits per heavy atom. The fourth-order valence-electron chi connectivity index (χ4n) is 8.60. The number of carbonyl (C=O) groups excluding carboxylic acids is 3. The van der Waals surface area contributed by atoms with Crippen molar-refractivity contribution in [2.24, 2.45) is 28.6 Å². The predicted octanol–water partition coefficient (Wildman–Crippen LogP) is 4.42. The molecular weight excluding hydrogens is 512 g/mol. The maximum atomic E-state index is 13.5. The molecule has 1 aromatic carbocycles. The molecule has 2 N–H and O–H groups in total. The number of allylic oxidation sites excluding steroid dienone is 1. The number of ketones is 2. The van der Waals surface area contributed by atoms with E-state index in [9.17, 15) is 24.3 Å². The molecule has 0 heterocycles. The molecule has 7 atom stereocenters. The van der Waals surface area contributed by atoms with Gasteiger partial charge in [0.05, 0.1) is 25.6 Å². The van der Waals surface area contributed by atoms with Gasteiger partial charge >= 0.3 is 11.9 Å². The summed E-state index contributed by atoms with van der Waals surface area (Å²) in [6.45, 7) is 4.10. The molecule has 40 heavy (non-hydrogen) atoms. The van der Waals surface area contributed by atoms with Crippen molar-refractivity contribution >= 4 is 23.5 Å². The number of carboxylic acids is 1. The average Bonchev–Trinajstić information content (AvgIpc) is 3.21. The number of ether oxygens (including phenoxy) is 2. The maximum Gasteiger partial charge on any atom is 0.306 e. The Morgan fingerprint density at radius 1 is 1.02 bits per heavy atom. The predicted molar refractivity (Wildman–Crippen MR) is 145 cm³/mol. The van der Waals surface area contributed by atoms with Crippen molar-refractivity contribution in [3.63, 3.8) is 0 Å².